The second kappa shape index (κ2) is 6.19. The Morgan fingerprint density at radius 3 is 2.27 bits per heavy atom. The monoisotopic (exact) mass is 157 g/mol. The minimum Gasteiger partial charge on any atom is -0.387 e. The van der Waals surface area contributed by atoms with E-state index in [-0.39, 0.29) is 0 Å². The molecule has 0 spiro atoms. The summed E-state index contributed by atoms with van der Waals surface area (Å²) in [4.78, 5) is 0. The molecule has 0 aliphatic rings. The molecule has 0 aromatic carbocycles. The fourth-order valence-electron chi connectivity index (χ4n) is 0.815. The van der Waals surface area contributed by atoms with Crippen molar-refractivity contribution < 1.29 is 0 Å². The highest BCUT2D eigenvalue weighted by Crippen LogP contribution is 2.02. The number of nitrogens with one attached hydrogen (secondary N) is 1. The van der Waals surface area contributed by atoms with Crippen molar-refractivity contribution in [3.63, 3.8) is 0 Å². The largest absolute Gasteiger partial charge is 0.387 e. The Hall–Kier alpha value is -0.540. The van der Waals surface area contributed by atoms with Crippen molar-refractivity contribution >= 4 is 0 Å². The van der Waals surface area contributed by atoms with Crippen LogP contribution in [-0.4, -0.2) is 19.6 Å². The normalized spacial score (nSPS) is 12.7. The van der Waals surface area contributed by atoms with Crippen LogP contribution in [0.3, 0.4) is 0 Å². The van der Waals surface area contributed by atoms with Crippen LogP contribution in [0.5, 0.6) is 0 Å². The lowest BCUT2D eigenvalue weighted by molar-refractivity contribution is 0.772. The quantitative estimate of drug-likeness (QED) is 0.533. The summed E-state index contributed by atoms with van der Waals surface area (Å²) in [6, 6.07) is 0. The van der Waals surface area contributed by atoms with E-state index in [1.165, 1.54) is 11.3 Å². The van der Waals surface area contributed by atoms with Crippen molar-refractivity contribution in [3.8, 4) is 0 Å². The maximum absolute atomic E-state index is 5.41. The molecule has 66 valence electrons. The zero-order chi connectivity index (χ0) is 8.69. The second-order valence-corrected chi connectivity index (χ2v) is 2.66. The third-order valence-corrected chi connectivity index (χ3v) is 1.69. The molecule has 0 unspecified atom stereocenters. The van der Waals surface area contributed by atoms with Gasteiger partial charge in [0.15, 0.2) is 0 Å². The molecule has 0 amide bonds. The van der Waals surface area contributed by atoms with Gasteiger partial charge in [-0.25, -0.2) is 0 Å². The van der Waals surface area contributed by atoms with Gasteiger partial charge in [-0.2, -0.15) is 0 Å². The summed E-state index contributed by atoms with van der Waals surface area (Å²) in [5.74, 6) is 0. The molecule has 0 fully saturated rings. The highest BCUT2D eigenvalue weighted by Gasteiger charge is 1.93. The lowest BCUT2D eigenvalue weighted by atomic mass is 10.2. The van der Waals surface area contributed by atoms with Gasteiger partial charge < -0.3 is 16.8 Å². The van der Waals surface area contributed by atoms with Gasteiger partial charge >= 0.3 is 0 Å². The van der Waals surface area contributed by atoms with E-state index >= 15 is 0 Å². The first-order valence-corrected chi connectivity index (χ1v) is 4.02. The molecular formula is C8H19N3. The summed E-state index contributed by atoms with van der Waals surface area (Å²) in [6.07, 6.45) is 0.962. The Morgan fingerprint density at radius 2 is 1.82 bits per heavy atom. The number of nitrogens with two attached hydrogens (primary N) is 2. The summed E-state index contributed by atoms with van der Waals surface area (Å²) in [5.41, 5.74) is 13.3. The van der Waals surface area contributed by atoms with Crippen LogP contribution in [-0.2, 0) is 0 Å². The average molecular weight is 157 g/mol. The van der Waals surface area contributed by atoms with E-state index in [0.29, 0.717) is 13.1 Å². The van der Waals surface area contributed by atoms with Crippen LogP contribution in [0.4, 0.5) is 0 Å². The van der Waals surface area contributed by atoms with Gasteiger partial charge in [0, 0.05) is 18.8 Å². The third kappa shape index (κ3) is 4.81. The van der Waals surface area contributed by atoms with Crippen molar-refractivity contribution in [1.82, 2.24) is 5.32 Å². The number of hydrogen-bond acceptors (Lipinski definition) is 3. The SMILES string of the molecule is C/C(CCN)=C(/C)NCCN. The second-order valence-electron chi connectivity index (χ2n) is 2.66. The zero-order valence-electron chi connectivity index (χ0n) is 7.48. The molecule has 0 aliphatic carbocycles. The smallest absolute Gasteiger partial charge is 0.0266 e. The minimum absolute atomic E-state index is 0.674. The average Bonchev–Trinajstić information content (AvgIpc) is 2.00. The van der Waals surface area contributed by atoms with Gasteiger partial charge in [-0.15, -0.1) is 0 Å². The first kappa shape index (κ1) is 10.5. The van der Waals surface area contributed by atoms with E-state index < -0.39 is 0 Å². The Bertz CT molecular complexity index is 129. The molecule has 0 radical (unpaired) electrons. The molecule has 0 saturated carbocycles. The van der Waals surface area contributed by atoms with Crippen molar-refractivity contribution in [2.45, 2.75) is 20.3 Å². The molecule has 0 aromatic rings. The van der Waals surface area contributed by atoms with Gasteiger partial charge in [0.25, 0.3) is 0 Å². The van der Waals surface area contributed by atoms with Gasteiger partial charge in [0.05, 0.1) is 0 Å². The molecule has 0 atom stereocenters. The standard InChI is InChI=1S/C8H19N3/c1-7(3-4-9)8(2)11-6-5-10/h11H,3-6,9-10H2,1-2H3/b8-7+. The number of hydrogen-bond donors (Lipinski definition) is 3. The van der Waals surface area contributed by atoms with Crippen molar-refractivity contribution in [2.24, 2.45) is 11.5 Å². The Morgan fingerprint density at radius 1 is 1.18 bits per heavy atom. The number of rotatable bonds is 5. The molecule has 0 bridgehead atoms. The Kier molecular flexibility index (Phi) is 5.88. The number of allylic oxidation sites excluding steroid dienone is 1. The van der Waals surface area contributed by atoms with Crippen LogP contribution in [0.2, 0.25) is 0 Å². The Balaban J connectivity index is 3.73. The highest BCUT2D eigenvalue weighted by atomic mass is 14.9. The van der Waals surface area contributed by atoms with Crippen LogP contribution < -0.4 is 16.8 Å². The van der Waals surface area contributed by atoms with Crippen LogP contribution in [0.15, 0.2) is 11.3 Å². The van der Waals surface area contributed by atoms with Gasteiger partial charge in [-0.1, -0.05) is 5.57 Å². The molecule has 5 N–H and O–H groups in total. The van der Waals surface area contributed by atoms with E-state index in [1.807, 2.05) is 0 Å². The summed E-state index contributed by atoms with van der Waals surface area (Å²) < 4.78 is 0. The molecule has 0 aliphatic heterocycles. The van der Waals surface area contributed by atoms with Crippen LogP contribution in [0, 0.1) is 0 Å². The summed E-state index contributed by atoms with van der Waals surface area (Å²) in [7, 11) is 0. The maximum atomic E-state index is 5.41. The van der Waals surface area contributed by atoms with Crippen molar-refractivity contribution in [2.75, 3.05) is 19.6 Å². The molecule has 0 aromatic heterocycles. The molecule has 0 heterocycles. The van der Waals surface area contributed by atoms with Gasteiger partial charge in [0.2, 0.25) is 0 Å². The molecule has 3 heteroatoms. The van der Waals surface area contributed by atoms with Gasteiger partial charge in [0.1, 0.15) is 0 Å². The van der Waals surface area contributed by atoms with E-state index in [9.17, 15) is 0 Å². The summed E-state index contributed by atoms with van der Waals surface area (Å²) in [5, 5.41) is 3.22. The predicted octanol–water partition coefficient (Wildman–Crippen LogP) is 0.177. The lowest BCUT2D eigenvalue weighted by Gasteiger charge is -2.08. The third-order valence-electron chi connectivity index (χ3n) is 1.69. The Labute approximate surface area is 68.8 Å². The predicted molar refractivity (Wildman–Crippen MR) is 49.1 cm³/mol. The van der Waals surface area contributed by atoms with E-state index in [2.05, 4.69) is 19.2 Å². The fraction of sp³-hybridized carbons (Fsp3) is 0.750. The maximum Gasteiger partial charge on any atom is 0.0266 e. The zero-order valence-corrected chi connectivity index (χ0v) is 7.48. The topological polar surface area (TPSA) is 64.1 Å². The first-order chi connectivity index (χ1) is 5.22. The van der Waals surface area contributed by atoms with E-state index in [4.69, 9.17) is 11.5 Å². The molecule has 3 nitrogen and oxygen atoms in total. The van der Waals surface area contributed by atoms with Crippen molar-refractivity contribution in [1.29, 1.82) is 0 Å². The van der Waals surface area contributed by atoms with E-state index in [1.54, 1.807) is 0 Å². The summed E-state index contributed by atoms with van der Waals surface area (Å²) in [6.45, 7) is 6.38. The summed E-state index contributed by atoms with van der Waals surface area (Å²) >= 11 is 0. The minimum atomic E-state index is 0.674. The molecular weight excluding hydrogens is 138 g/mol. The molecule has 0 rings (SSSR count). The van der Waals surface area contributed by atoms with Crippen LogP contribution >= 0.6 is 0 Å². The lowest BCUT2D eigenvalue weighted by Crippen LogP contribution is -2.21. The van der Waals surface area contributed by atoms with Crippen LogP contribution in [0.1, 0.15) is 20.3 Å². The van der Waals surface area contributed by atoms with Gasteiger partial charge in [-0.3, -0.25) is 0 Å². The fourth-order valence-corrected chi connectivity index (χ4v) is 0.815. The first-order valence-electron chi connectivity index (χ1n) is 4.02. The molecule has 0 saturated heterocycles. The van der Waals surface area contributed by atoms with Crippen LogP contribution in [0.25, 0.3) is 0 Å². The van der Waals surface area contributed by atoms with E-state index in [0.717, 1.165) is 13.0 Å². The van der Waals surface area contributed by atoms with Crippen molar-refractivity contribution in [3.05, 3.63) is 11.3 Å². The van der Waals surface area contributed by atoms with Gasteiger partial charge in [-0.05, 0) is 26.8 Å². The molecule has 11 heavy (non-hydrogen) atoms. The highest BCUT2D eigenvalue weighted by molar-refractivity contribution is 5.07.